The van der Waals surface area contributed by atoms with Gasteiger partial charge < -0.3 is 10.4 Å². The topological polar surface area (TPSA) is 95.1 Å². The molecular formula is C16H25N3O3. The molecule has 1 fully saturated rings. The minimum absolute atomic E-state index is 0.0372. The molecule has 1 saturated heterocycles. The molecule has 0 bridgehead atoms. The number of H-pyrrole nitrogens is 1. The van der Waals surface area contributed by atoms with Gasteiger partial charge in [0.25, 0.3) is 11.5 Å². The lowest BCUT2D eigenvalue weighted by Crippen LogP contribution is -2.32. The van der Waals surface area contributed by atoms with Crippen LogP contribution in [0.3, 0.4) is 0 Å². The molecule has 1 unspecified atom stereocenters. The van der Waals surface area contributed by atoms with Crippen molar-refractivity contribution in [2.45, 2.75) is 51.9 Å². The van der Waals surface area contributed by atoms with Crippen molar-refractivity contribution in [2.24, 2.45) is 5.92 Å². The van der Waals surface area contributed by atoms with E-state index in [1.165, 1.54) is 24.8 Å². The third kappa shape index (κ3) is 4.66. The summed E-state index contributed by atoms with van der Waals surface area (Å²) < 4.78 is 0. The Kier molecular flexibility index (Phi) is 6.12. The van der Waals surface area contributed by atoms with Crippen molar-refractivity contribution in [3.05, 3.63) is 27.2 Å². The minimum atomic E-state index is -0.833. The minimum Gasteiger partial charge on any atom is -0.481 e. The summed E-state index contributed by atoms with van der Waals surface area (Å²) in [7, 11) is 0. The number of fused-ring (bicyclic) bond motifs is 1. The number of carbonyl (C=O) groups is 1. The Hall–Kier alpha value is -1.69. The molecule has 2 heterocycles. The molecule has 1 aromatic heterocycles. The van der Waals surface area contributed by atoms with Crippen molar-refractivity contribution in [2.75, 3.05) is 13.1 Å². The maximum Gasteiger partial charge on any atom is 0.300 e. The lowest BCUT2D eigenvalue weighted by Gasteiger charge is -2.24. The van der Waals surface area contributed by atoms with Gasteiger partial charge in [-0.15, -0.1) is 0 Å². The summed E-state index contributed by atoms with van der Waals surface area (Å²) in [5.74, 6) is -0.150. The monoisotopic (exact) mass is 307 g/mol. The van der Waals surface area contributed by atoms with Gasteiger partial charge in [0.05, 0.1) is 5.69 Å². The molecule has 22 heavy (non-hydrogen) atoms. The van der Waals surface area contributed by atoms with Gasteiger partial charge in [0.2, 0.25) is 0 Å². The van der Waals surface area contributed by atoms with Crippen LogP contribution in [0.2, 0.25) is 0 Å². The predicted molar refractivity (Wildman–Crippen MR) is 84.1 cm³/mol. The normalized spacial score (nSPS) is 20.5. The Labute approximate surface area is 130 Å². The van der Waals surface area contributed by atoms with E-state index < -0.39 is 5.97 Å². The zero-order valence-electron chi connectivity index (χ0n) is 13.2. The molecule has 3 N–H and O–H groups in total. The summed E-state index contributed by atoms with van der Waals surface area (Å²) in [5, 5.41) is 17.9. The van der Waals surface area contributed by atoms with Crippen molar-refractivity contribution in [1.82, 2.24) is 15.5 Å². The van der Waals surface area contributed by atoms with Crippen LogP contribution >= 0.6 is 0 Å². The Morgan fingerprint density at radius 2 is 1.95 bits per heavy atom. The average molecular weight is 307 g/mol. The van der Waals surface area contributed by atoms with Crippen LogP contribution in [0, 0.1) is 5.92 Å². The van der Waals surface area contributed by atoms with Gasteiger partial charge in [0, 0.05) is 12.5 Å². The molecule has 1 atom stereocenters. The number of piperidine rings is 1. The van der Waals surface area contributed by atoms with Crippen LogP contribution in [0.4, 0.5) is 0 Å². The van der Waals surface area contributed by atoms with Crippen LogP contribution in [0.1, 0.15) is 49.4 Å². The molecule has 3 rings (SSSR count). The molecule has 1 aliphatic carbocycles. The van der Waals surface area contributed by atoms with Crippen molar-refractivity contribution < 1.29 is 9.90 Å². The van der Waals surface area contributed by atoms with Gasteiger partial charge in [-0.05, 0) is 69.5 Å². The predicted octanol–water partition coefficient (Wildman–Crippen LogP) is 1.28. The van der Waals surface area contributed by atoms with Crippen LogP contribution in [0.25, 0.3) is 0 Å². The van der Waals surface area contributed by atoms with Crippen LogP contribution in [0.15, 0.2) is 4.79 Å². The third-order valence-corrected chi connectivity index (χ3v) is 4.26. The molecule has 1 aliphatic heterocycles. The van der Waals surface area contributed by atoms with E-state index in [0.29, 0.717) is 5.92 Å². The first kappa shape index (κ1) is 16.7. The van der Waals surface area contributed by atoms with E-state index in [1.807, 2.05) is 0 Å². The lowest BCUT2D eigenvalue weighted by atomic mass is 9.87. The smallest absolute Gasteiger partial charge is 0.300 e. The van der Waals surface area contributed by atoms with Crippen molar-refractivity contribution in [1.29, 1.82) is 0 Å². The zero-order valence-corrected chi connectivity index (χ0v) is 13.2. The Bertz CT molecular complexity index is 558. The summed E-state index contributed by atoms with van der Waals surface area (Å²) in [6, 6.07) is 0. The molecule has 122 valence electrons. The first-order valence-corrected chi connectivity index (χ1v) is 8.07. The van der Waals surface area contributed by atoms with Gasteiger partial charge in [-0.25, -0.2) is 5.10 Å². The zero-order chi connectivity index (χ0) is 15.9. The number of nitrogens with one attached hydrogen (secondary N) is 2. The molecule has 0 saturated carbocycles. The fourth-order valence-electron chi connectivity index (χ4n) is 3.27. The fraction of sp³-hybridized carbons (Fsp3) is 0.688. The van der Waals surface area contributed by atoms with Crippen LogP contribution < -0.4 is 10.9 Å². The summed E-state index contributed by atoms with van der Waals surface area (Å²) in [5.41, 5.74) is 3.46. The average Bonchev–Trinajstić information content (AvgIpc) is 2.51. The molecular weight excluding hydrogens is 282 g/mol. The molecule has 0 amide bonds. The van der Waals surface area contributed by atoms with Crippen LogP contribution in [-0.2, 0) is 24.1 Å². The Morgan fingerprint density at radius 1 is 1.27 bits per heavy atom. The highest BCUT2D eigenvalue weighted by molar-refractivity contribution is 5.62. The second-order valence-corrected chi connectivity index (χ2v) is 6.10. The van der Waals surface area contributed by atoms with Crippen LogP contribution in [-0.4, -0.2) is 34.4 Å². The van der Waals surface area contributed by atoms with Gasteiger partial charge in [-0.1, -0.05) is 0 Å². The number of carboxylic acid groups (broad SMARTS) is 1. The highest BCUT2D eigenvalue weighted by Crippen LogP contribution is 2.23. The standard InChI is InChI=1S/C14H21N3O.C2H4O2/c18-14-12-6-2-1-5-11(12)13(16-17-14)8-10-4-3-7-15-9-10;1-2(3)4/h10,15H,1-9H2,(H,17,18);1H3,(H,3,4). The van der Waals surface area contributed by atoms with Gasteiger partial charge in [0.15, 0.2) is 0 Å². The highest BCUT2D eigenvalue weighted by Gasteiger charge is 2.21. The summed E-state index contributed by atoms with van der Waals surface area (Å²) >= 11 is 0. The second kappa shape index (κ2) is 8.08. The van der Waals surface area contributed by atoms with Gasteiger partial charge in [-0.3, -0.25) is 9.59 Å². The number of aromatic nitrogens is 2. The molecule has 6 heteroatoms. The number of hydrogen-bond donors (Lipinski definition) is 3. The Morgan fingerprint density at radius 3 is 2.59 bits per heavy atom. The molecule has 2 aliphatic rings. The van der Waals surface area contributed by atoms with E-state index in [9.17, 15) is 4.79 Å². The summed E-state index contributed by atoms with van der Waals surface area (Å²) in [6.07, 6.45) is 7.88. The summed E-state index contributed by atoms with van der Waals surface area (Å²) in [4.78, 5) is 20.8. The maximum absolute atomic E-state index is 11.8. The van der Waals surface area contributed by atoms with Gasteiger partial charge in [-0.2, -0.15) is 5.10 Å². The molecule has 0 spiro atoms. The first-order chi connectivity index (χ1) is 10.6. The van der Waals surface area contributed by atoms with E-state index in [2.05, 4.69) is 15.5 Å². The van der Waals surface area contributed by atoms with Gasteiger partial charge >= 0.3 is 0 Å². The van der Waals surface area contributed by atoms with E-state index in [1.54, 1.807) is 0 Å². The van der Waals surface area contributed by atoms with Gasteiger partial charge in [0.1, 0.15) is 0 Å². The van der Waals surface area contributed by atoms with E-state index in [-0.39, 0.29) is 5.56 Å². The molecule has 1 aromatic rings. The number of rotatable bonds is 2. The van der Waals surface area contributed by atoms with E-state index in [0.717, 1.165) is 57.0 Å². The molecule has 0 aromatic carbocycles. The maximum atomic E-state index is 11.8. The first-order valence-electron chi connectivity index (χ1n) is 8.07. The quantitative estimate of drug-likeness (QED) is 0.765. The number of aliphatic carboxylic acids is 1. The Balaban J connectivity index is 0.000000396. The van der Waals surface area contributed by atoms with E-state index in [4.69, 9.17) is 9.90 Å². The molecule has 6 nitrogen and oxygen atoms in total. The fourth-order valence-corrected chi connectivity index (χ4v) is 3.27. The number of nitrogens with zero attached hydrogens (tertiary/aromatic N) is 1. The third-order valence-electron chi connectivity index (χ3n) is 4.26. The second-order valence-electron chi connectivity index (χ2n) is 6.10. The van der Waals surface area contributed by atoms with Crippen LogP contribution in [0.5, 0.6) is 0 Å². The number of carboxylic acids is 1. The van der Waals surface area contributed by atoms with Crippen molar-refractivity contribution in [3.63, 3.8) is 0 Å². The number of hydrogen-bond acceptors (Lipinski definition) is 4. The van der Waals surface area contributed by atoms with Crippen molar-refractivity contribution in [3.8, 4) is 0 Å². The number of aromatic amines is 1. The largest absolute Gasteiger partial charge is 0.481 e. The molecule has 0 radical (unpaired) electrons. The van der Waals surface area contributed by atoms with Crippen molar-refractivity contribution >= 4 is 5.97 Å². The van der Waals surface area contributed by atoms with E-state index >= 15 is 0 Å². The summed E-state index contributed by atoms with van der Waals surface area (Å²) in [6.45, 7) is 3.32. The lowest BCUT2D eigenvalue weighted by molar-refractivity contribution is -0.134. The SMILES string of the molecule is CC(=O)O.O=c1[nH]nc(CC2CCCNC2)c2c1CCCC2. The highest BCUT2D eigenvalue weighted by atomic mass is 16.4.